The number of hydrogen-bond donors (Lipinski definition) is 2. The number of amides is 4. The van der Waals surface area contributed by atoms with E-state index in [-0.39, 0.29) is 25.0 Å². The summed E-state index contributed by atoms with van der Waals surface area (Å²) in [6.45, 7) is 4.33. The lowest BCUT2D eigenvalue weighted by Crippen LogP contribution is -2.61. The zero-order valence-electron chi connectivity index (χ0n) is 18.3. The van der Waals surface area contributed by atoms with Crippen LogP contribution in [0.2, 0.25) is 0 Å². The number of carbonyl (C=O) groups excluding carboxylic acids is 2. The second-order valence-corrected chi connectivity index (χ2v) is 10.7. The van der Waals surface area contributed by atoms with Gasteiger partial charge in [-0.1, -0.05) is 35.4 Å². The first kappa shape index (κ1) is 26.1. The Kier molecular flexibility index (Phi) is 8.06. The molecule has 0 bridgehead atoms. The minimum absolute atomic E-state index is 0.0187. The molecule has 0 aliphatic carbocycles. The molecule has 0 fully saturated rings. The summed E-state index contributed by atoms with van der Waals surface area (Å²) in [6.07, 6.45) is -2.02. The molecule has 2 aromatic rings. The van der Waals surface area contributed by atoms with E-state index in [9.17, 15) is 26.4 Å². The largest absolute Gasteiger partial charge is 0.378 e. The van der Waals surface area contributed by atoms with Crippen LogP contribution in [-0.2, 0) is 24.8 Å². The van der Waals surface area contributed by atoms with Gasteiger partial charge in [-0.15, -0.1) is 0 Å². The lowest BCUT2D eigenvalue weighted by Gasteiger charge is -2.36. The SMILES string of the molecule is CCOCC(N(C(N)=O)S(=O)(=O)c1ccc(C)cc1)N(C(N)=O)S(=O)(=O)c1ccc(C)cc1. The van der Waals surface area contributed by atoms with E-state index in [2.05, 4.69) is 0 Å². The van der Waals surface area contributed by atoms with Gasteiger partial charge in [0.15, 0.2) is 6.17 Å². The van der Waals surface area contributed by atoms with Crippen LogP contribution in [0, 0.1) is 13.8 Å². The number of primary amides is 2. The maximum absolute atomic E-state index is 13.3. The smallest absolute Gasteiger partial charge is 0.330 e. The molecule has 2 rings (SSSR count). The van der Waals surface area contributed by atoms with Crippen LogP contribution in [0.25, 0.3) is 0 Å². The monoisotopic (exact) mass is 498 g/mol. The lowest BCUT2D eigenvalue weighted by molar-refractivity contribution is 0.0699. The summed E-state index contributed by atoms with van der Waals surface area (Å²) >= 11 is 0. The summed E-state index contributed by atoms with van der Waals surface area (Å²) in [5.41, 5.74) is 12.2. The molecule has 33 heavy (non-hydrogen) atoms. The second-order valence-electron chi connectivity index (χ2n) is 7.04. The van der Waals surface area contributed by atoms with Gasteiger partial charge in [0.25, 0.3) is 20.0 Å². The van der Waals surface area contributed by atoms with E-state index in [0.29, 0.717) is 0 Å². The lowest BCUT2D eigenvalue weighted by atomic mass is 10.2. The number of sulfonamides is 2. The Labute approximate surface area is 193 Å². The van der Waals surface area contributed by atoms with Crippen LogP contribution in [-0.4, -0.2) is 56.9 Å². The Morgan fingerprint density at radius 3 is 1.39 bits per heavy atom. The van der Waals surface area contributed by atoms with Crippen molar-refractivity contribution in [2.45, 2.75) is 36.7 Å². The van der Waals surface area contributed by atoms with Crippen LogP contribution in [0.4, 0.5) is 9.59 Å². The first-order valence-electron chi connectivity index (χ1n) is 9.72. The number of urea groups is 2. The standard InChI is InChI=1S/C20H26N4O7S2/c1-4-31-13-18(23(19(21)25)32(27,28)16-9-5-14(2)6-10-16)24(20(22)26)33(29,30)17-11-7-15(3)8-12-17/h5-12,18H,4,13H2,1-3H3,(H2,21,25)(H2,22,26). The number of carbonyl (C=O) groups is 2. The van der Waals surface area contributed by atoms with Gasteiger partial charge in [0, 0.05) is 6.61 Å². The van der Waals surface area contributed by atoms with Crippen molar-refractivity contribution in [2.24, 2.45) is 11.5 Å². The molecule has 180 valence electrons. The van der Waals surface area contributed by atoms with Crippen molar-refractivity contribution >= 4 is 32.1 Å². The second kappa shape index (κ2) is 10.2. The van der Waals surface area contributed by atoms with Crippen LogP contribution in [0.15, 0.2) is 58.3 Å². The Bertz CT molecular complexity index is 1120. The molecule has 4 N–H and O–H groups in total. The van der Waals surface area contributed by atoms with E-state index in [1.165, 1.54) is 48.5 Å². The Morgan fingerprint density at radius 1 is 0.788 bits per heavy atom. The van der Waals surface area contributed by atoms with Gasteiger partial charge in [0.1, 0.15) is 0 Å². The summed E-state index contributed by atoms with van der Waals surface area (Å²) in [5.74, 6) is 0. The number of ether oxygens (including phenoxy) is 1. The molecule has 0 saturated carbocycles. The molecule has 0 saturated heterocycles. The molecule has 0 atom stereocenters. The van der Waals surface area contributed by atoms with Crippen LogP contribution >= 0.6 is 0 Å². The summed E-state index contributed by atoms with van der Waals surface area (Å²) in [7, 11) is -9.42. The molecule has 4 amide bonds. The van der Waals surface area contributed by atoms with Gasteiger partial charge in [-0.3, -0.25) is 0 Å². The number of rotatable bonds is 9. The molecular weight excluding hydrogens is 472 g/mol. The predicted octanol–water partition coefficient (Wildman–Crippen LogP) is 1.51. The van der Waals surface area contributed by atoms with Gasteiger partial charge in [-0.25, -0.2) is 26.4 Å². The third kappa shape index (κ3) is 5.61. The highest BCUT2D eigenvalue weighted by molar-refractivity contribution is 7.90. The van der Waals surface area contributed by atoms with Gasteiger partial charge >= 0.3 is 12.1 Å². The quantitative estimate of drug-likeness (QED) is 0.493. The highest BCUT2D eigenvalue weighted by Gasteiger charge is 2.45. The van der Waals surface area contributed by atoms with E-state index in [4.69, 9.17) is 16.2 Å². The number of aryl methyl sites for hydroxylation is 2. The fraction of sp³-hybridized carbons (Fsp3) is 0.300. The third-order valence-electron chi connectivity index (χ3n) is 4.60. The first-order chi connectivity index (χ1) is 15.3. The van der Waals surface area contributed by atoms with Crippen LogP contribution in [0.3, 0.4) is 0 Å². The third-order valence-corrected chi connectivity index (χ3v) is 8.22. The predicted molar refractivity (Wildman–Crippen MR) is 120 cm³/mol. The van der Waals surface area contributed by atoms with Gasteiger partial charge in [-0.2, -0.15) is 8.61 Å². The molecule has 0 radical (unpaired) electrons. The van der Waals surface area contributed by atoms with Crippen molar-refractivity contribution in [1.82, 2.24) is 8.61 Å². The van der Waals surface area contributed by atoms with Gasteiger partial charge in [-0.05, 0) is 45.0 Å². The molecule has 0 spiro atoms. The molecular formula is C20H26N4O7S2. The van der Waals surface area contributed by atoms with E-state index in [0.717, 1.165) is 11.1 Å². The maximum Gasteiger partial charge on any atom is 0.330 e. The highest BCUT2D eigenvalue weighted by Crippen LogP contribution is 2.26. The number of nitrogens with two attached hydrogens (primary N) is 2. The molecule has 0 aliphatic rings. The van der Waals surface area contributed by atoms with Gasteiger partial charge in [0.05, 0.1) is 16.4 Å². The minimum atomic E-state index is -4.71. The minimum Gasteiger partial charge on any atom is -0.378 e. The Morgan fingerprint density at radius 2 is 1.12 bits per heavy atom. The molecule has 0 unspecified atom stereocenters. The average Bonchev–Trinajstić information content (AvgIpc) is 2.71. The molecule has 11 nitrogen and oxygen atoms in total. The fourth-order valence-corrected chi connectivity index (χ4v) is 5.85. The number of hydrogen-bond acceptors (Lipinski definition) is 7. The molecule has 2 aromatic carbocycles. The van der Waals surface area contributed by atoms with Crippen molar-refractivity contribution in [3.8, 4) is 0 Å². The highest BCUT2D eigenvalue weighted by atomic mass is 32.2. The normalized spacial score (nSPS) is 11.9. The van der Waals surface area contributed by atoms with Crippen molar-refractivity contribution in [3.05, 3.63) is 59.7 Å². The summed E-state index contributed by atoms with van der Waals surface area (Å²) in [4.78, 5) is 24.0. The Balaban J connectivity index is 2.72. The Hall–Kier alpha value is -3.16. The van der Waals surface area contributed by atoms with Crippen molar-refractivity contribution in [3.63, 3.8) is 0 Å². The summed E-state index contributed by atoms with van der Waals surface area (Å²) in [5, 5.41) is 0. The van der Waals surface area contributed by atoms with E-state index < -0.39 is 44.9 Å². The fourth-order valence-electron chi connectivity index (χ4n) is 2.95. The van der Waals surface area contributed by atoms with Crippen LogP contribution in [0.5, 0.6) is 0 Å². The molecule has 0 aromatic heterocycles. The summed E-state index contributed by atoms with van der Waals surface area (Å²) in [6, 6.07) is 7.79. The zero-order chi connectivity index (χ0) is 25.0. The molecule has 0 aliphatic heterocycles. The van der Waals surface area contributed by atoms with E-state index >= 15 is 0 Å². The number of benzene rings is 2. The average molecular weight is 499 g/mol. The van der Waals surface area contributed by atoms with E-state index in [1.807, 2.05) is 0 Å². The van der Waals surface area contributed by atoms with Crippen molar-refractivity contribution in [1.29, 1.82) is 0 Å². The van der Waals surface area contributed by atoms with Crippen LogP contribution in [0.1, 0.15) is 18.1 Å². The topological polar surface area (TPSA) is 170 Å². The van der Waals surface area contributed by atoms with Gasteiger partial charge < -0.3 is 16.2 Å². The van der Waals surface area contributed by atoms with E-state index in [1.54, 1.807) is 20.8 Å². The maximum atomic E-state index is 13.3. The number of nitrogens with zero attached hydrogens (tertiary/aromatic N) is 2. The van der Waals surface area contributed by atoms with Crippen LogP contribution < -0.4 is 11.5 Å². The summed E-state index contributed by atoms with van der Waals surface area (Å²) < 4.78 is 58.7. The zero-order valence-corrected chi connectivity index (χ0v) is 20.0. The van der Waals surface area contributed by atoms with Crippen molar-refractivity contribution < 1.29 is 31.2 Å². The first-order valence-corrected chi connectivity index (χ1v) is 12.6. The molecule has 13 heteroatoms. The van der Waals surface area contributed by atoms with Crippen molar-refractivity contribution in [2.75, 3.05) is 13.2 Å². The van der Waals surface area contributed by atoms with Gasteiger partial charge in [0.2, 0.25) is 0 Å². The molecule has 0 heterocycles.